The Balaban J connectivity index is 2.36. The van der Waals surface area contributed by atoms with Crippen molar-refractivity contribution in [2.75, 3.05) is 10.8 Å². The monoisotopic (exact) mass is 315 g/mol. The molecule has 1 aromatic heterocycles. The smallest absolute Gasteiger partial charge is 0.271 e. The molecule has 0 bridgehead atoms. The van der Waals surface area contributed by atoms with Crippen molar-refractivity contribution in [1.29, 1.82) is 0 Å². The molecule has 2 heterocycles. The highest BCUT2D eigenvalue weighted by molar-refractivity contribution is 8.02. The summed E-state index contributed by atoms with van der Waals surface area (Å²) in [7, 11) is -4.01. The number of anilines is 1. The number of nitrogens with zero attached hydrogens (tertiary/aromatic N) is 1. The van der Waals surface area contributed by atoms with Gasteiger partial charge in [0.15, 0.2) is 0 Å². The van der Waals surface area contributed by atoms with E-state index in [0.717, 1.165) is 9.87 Å². The molecule has 1 aliphatic rings. The summed E-state index contributed by atoms with van der Waals surface area (Å²) in [6.07, 6.45) is 6.60. The van der Waals surface area contributed by atoms with E-state index in [4.69, 9.17) is 10.8 Å². The minimum atomic E-state index is -4.01. The van der Waals surface area contributed by atoms with Gasteiger partial charge in [-0.3, -0.25) is 0 Å². The van der Waals surface area contributed by atoms with E-state index in [1.54, 1.807) is 31.2 Å². The fraction of sp³-hybridized carbons (Fsp3) is 0.125. The van der Waals surface area contributed by atoms with E-state index in [1.165, 1.54) is 12.3 Å². The highest BCUT2D eigenvalue weighted by Crippen LogP contribution is 2.43. The quantitative estimate of drug-likeness (QED) is 0.865. The molecule has 0 fully saturated rings. The second-order valence-electron chi connectivity index (χ2n) is 4.85. The predicted octanol–water partition coefficient (Wildman–Crippen LogP) is 2.75. The molecule has 0 amide bonds. The minimum Gasteiger partial charge on any atom is -0.506 e. The van der Waals surface area contributed by atoms with Gasteiger partial charge < -0.3 is 9.52 Å². The SMILES string of the molecule is C#CCN1c2occc2C(O)=C(c2ccccc2C)S1(=O)=O. The lowest BCUT2D eigenvalue weighted by atomic mass is 10.1. The van der Waals surface area contributed by atoms with Gasteiger partial charge in [0.05, 0.1) is 18.4 Å². The van der Waals surface area contributed by atoms with E-state index < -0.39 is 10.0 Å². The van der Waals surface area contributed by atoms with Crippen LogP contribution in [0.5, 0.6) is 0 Å². The van der Waals surface area contributed by atoms with Crippen LogP contribution < -0.4 is 4.31 Å². The summed E-state index contributed by atoms with van der Waals surface area (Å²) in [5.74, 6) is 2.02. The summed E-state index contributed by atoms with van der Waals surface area (Å²) in [4.78, 5) is -0.158. The van der Waals surface area contributed by atoms with Gasteiger partial charge in [-0.15, -0.1) is 6.42 Å². The Kier molecular flexibility index (Phi) is 3.23. The van der Waals surface area contributed by atoms with E-state index >= 15 is 0 Å². The van der Waals surface area contributed by atoms with Gasteiger partial charge in [0.2, 0.25) is 5.88 Å². The molecule has 0 atom stereocenters. The second kappa shape index (κ2) is 4.97. The molecule has 0 radical (unpaired) electrons. The Labute approximate surface area is 128 Å². The molecule has 5 nitrogen and oxygen atoms in total. The molecule has 0 saturated carbocycles. The van der Waals surface area contributed by atoms with Crippen LogP contribution in [-0.2, 0) is 10.0 Å². The summed E-state index contributed by atoms with van der Waals surface area (Å²) in [5.41, 5.74) is 1.48. The third-order valence-corrected chi connectivity index (χ3v) is 5.32. The highest BCUT2D eigenvalue weighted by Gasteiger charge is 2.40. The molecule has 3 rings (SSSR count). The van der Waals surface area contributed by atoms with Gasteiger partial charge in [0.1, 0.15) is 10.7 Å². The summed E-state index contributed by atoms with van der Waals surface area (Å²) in [5, 5.41) is 10.5. The Hall–Kier alpha value is -2.65. The van der Waals surface area contributed by atoms with Crippen molar-refractivity contribution in [3.63, 3.8) is 0 Å². The maximum Gasteiger partial charge on any atom is 0.271 e. The minimum absolute atomic E-state index is 0.0350. The number of hydrogen-bond donors (Lipinski definition) is 1. The molecular formula is C16H13NO4S. The summed E-state index contributed by atoms with van der Waals surface area (Å²) in [6, 6.07) is 8.46. The van der Waals surface area contributed by atoms with Crippen molar-refractivity contribution >= 4 is 26.6 Å². The van der Waals surface area contributed by atoms with Crippen LogP contribution in [0.3, 0.4) is 0 Å². The number of aryl methyl sites for hydroxylation is 1. The molecule has 0 saturated heterocycles. The van der Waals surface area contributed by atoms with Crippen LogP contribution in [-0.4, -0.2) is 20.1 Å². The van der Waals surface area contributed by atoms with Crippen LogP contribution in [0.4, 0.5) is 5.88 Å². The second-order valence-corrected chi connectivity index (χ2v) is 6.65. The third-order valence-electron chi connectivity index (χ3n) is 3.51. The van der Waals surface area contributed by atoms with Crippen LogP contribution in [0.15, 0.2) is 41.0 Å². The molecule has 1 aliphatic heterocycles. The molecule has 1 N–H and O–H groups in total. The third kappa shape index (κ3) is 1.90. The Morgan fingerprint density at radius 2 is 2.00 bits per heavy atom. The Morgan fingerprint density at radius 3 is 2.68 bits per heavy atom. The Morgan fingerprint density at radius 1 is 1.27 bits per heavy atom. The zero-order valence-corrected chi connectivity index (χ0v) is 12.6. The summed E-state index contributed by atoms with van der Waals surface area (Å²) < 4.78 is 31.9. The number of hydrogen-bond acceptors (Lipinski definition) is 4. The zero-order chi connectivity index (χ0) is 15.9. The lowest BCUT2D eigenvalue weighted by Crippen LogP contribution is -2.35. The van der Waals surface area contributed by atoms with Crippen LogP contribution in [0.25, 0.3) is 10.7 Å². The van der Waals surface area contributed by atoms with E-state index in [9.17, 15) is 13.5 Å². The topological polar surface area (TPSA) is 70.8 Å². The van der Waals surface area contributed by atoms with Crippen LogP contribution in [0.2, 0.25) is 0 Å². The van der Waals surface area contributed by atoms with Crippen molar-refractivity contribution in [2.24, 2.45) is 0 Å². The summed E-state index contributed by atoms with van der Waals surface area (Å²) in [6.45, 7) is 1.60. The van der Waals surface area contributed by atoms with Crippen molar-refractivity contribution in [1.82, 2.24) is 0 Å². The van der Waals surface area contributed by atoms with Crippen molar-refractivity contribution in [3.8, 4) is 12.3 Å². The number of aliphatic hydroxyl groups is 1. The van der Waals surface area contributed by atoms with Crippen molar-refractivity contribution < 1.29 is 17.9 Å². The highest BCUT2D eigenvalue weighted by atomic mass is 32.2. The van der Waals surface area contributed by atoms with Gasteiger partial charge in [-0.2, -0.15) is 0 Å². The number of fused-ring (bicyclic) bond motifs is 1. The van der Waals surface area contributed by atoms with Gasteiger partial charge >= 0.3 is 0 Å². The number of furan rings is 1. The maximum atomic E-state index is 12.9. The molecular weight excluding hydrogens is 302 g/mol. The molecule has 0 aliphatic carbocycles. The van der Waals surface area contributed by atoms with E-state index in [0.29, 0.717) is 11.1 Å². The maximum absolute atomic E-state index is 12.9. The van der Waals surface area contributed by atoms with Crippen molar-refractivity contribution in [3.05, 3.63) is 53.3 Å². The van der Waals surface area contributed by atoms with Crippen LogP contribution in [0, 0.1) is 19.3 Å². The lowest BCUT2D eigenvalue weighted by molar-refractivity contribution is 0.507. The molecule has 22 heavy (non-hydrogen) atoms. The predicted molar refractivity (Wildman–Crippen MR) is 84.4 cm³/mol. The number of sulfonamides is 1. The standard InChI is InChI=1S/C16H13NO4S/c1-3-9-17-16-13(8-10-21-16)14(18)15(22(17,19)20)12-7-5-4-6-11(12)2/h1,4-8,10,18H,9H2,2H3. The molecule has 0 unspecified atom stereocenters. The molecule has 2 aromatic rings. The van der Waals surface area contributed by atoms with Crippen LogP contribution in [0.1, 0.15) is 16.7 Å². The van der Waals surface area contributed by atoms with Gasteiger partial charge in [0, 0.05) is 5.56 Å². The average molecular weight is 315 g/mol. The molecule has 112 valence electrons. The number of rotatable bonds is 2. The first-order chi connectivity index (χ1) is 10.5. The van der Waals surface area contributed by atoms with Gasteiger partial charge in [-0.25, -0.2) is 12.7 Å². The van der Waals surface area contributed by atoms with Gasteiger partial charge in [0.25, 0.3) is 10.0 Å². The molecule has 1 aromatic carbocycles. The normalized spacial score (nSPS) is 16.3. The molecule has 6 heteroatoms. The number of benzene rings is 1. The fourth-order valence-corrected chi connectivity index (χ4v) is 4.16. The average Bonchev–Trinajstić information content (AvgIpc) is 2.95. The van der Waals surface area contributed by atoms with E-state index in [2.05, 4.69) is 5.92 Å². The molecule has 0 spiro atoms. The van der Waals surface area contributed by atoms with E-state index in [-0.39, 0.29) is 23.1 Å². The number of aliphatic hydroxyl groups excluding tert-OH is 1. The fourth-order valence-electron chi connectivity index (χ4n) is 2.47. The van der Waals surface area contributed by atoms with Gasteiger partial charge in [-0.1, -0.05) is 30.2 Å². The first-order valence-electron chi connectivity index (χ1n) is 6.51. The van der Waals surface area contributed by atoms with Crippen molar-refractivity contribution in [2.45, 2.75) is 6.92 Å². The zero-order valence-electron chi connectivity index (χ0n) is 11.8. The largest absolute Gasteiger partial charge is 0.506 e. The first kappa shape index (κ1) is 14.3. The van der Waals surface area contributed by atoms with E-state index in [1.807, 2.05) is 0 Å². The summed E-state index contributed by atoms with van der Waals surface area (Å²) >= 11 is 0. The van der Waals surface area contributed by atoms with Crippen LogP contribution >= 0.6 is 0 Å². The first-order valence-corrected chi connectivity index (χ1v) is 7.95. The number of terminal acetylenes is 1. The Bertz CT molecular complexity index is 916. The lowest BCUT2D eigenvalue weighted by Gasteiger charge is -2.27. The van der Waals surface area contributed by atoms with Gasteiger partial charge in [-0.05, 0) is 18.6 Å².